The summed E-state index contributed by atoms with van der Waals surface area (Å²) in [5.74, 6) is -0.127. The van der Waals surface area contributed by atoms with E-state index in [1.165, 1.54) is 19.8 Å². The third kappa shape index (κ3) is 2.04. The minimum Gasteiger partial charge on any atom is -0.462 e. The van der Waals surface area contributed by atoms with E-state index in [0.29, 0.717) is 0 Å². The Morgan fingerprint density at radius 1 is 1.46 bits per heavy atom. The van der Waals surface area contributed by atoms with Crippen LogP contribution in [0.2, 0.25) is 0 Å². The Hall–Kier alpha value is -0.530. The van der Waals surface area contributed by atoms with Gasteiger partial charge in [0.1, 0.15) is 6.10 Å². The van der Waals surface area contributed by atoms with Crippen molar-refractivity contribution in [3.8, 4) is 0 Å². The summed E-state index contributed by atoms with van der Waals surface area (Å²) >= 11 is 0. The van der Waals surface area contributed by atoms with E-state index in [-0.39, 0.29) is 17.5 Å². The van der Waals surface area contributed by atoms with E-state index < -0.39 is 0 Å². The van der Waals surface area contributed by atoms with E-state index in [0.717, 1.165) is 19.3 Å². The molecule has 2 nitrogen and oxygen atoms in total. The lowest BCUT2D eigenvalue weighted by Gasteiger charge is -2.32. The zero-order chi connectivity index (χ0) is 9.90. The smallest absolute Gasteiger partial charge is 0.302 e. The predicted octanol–water partition coefficient (Wildman–Crippen LogP) is 2.91. The maximum atomic E-state index is 10.9. The van der Waals surface area contributed by atoms with Crippen molar-refractivity contribution in [2.75, 3.05) is 0 Å². The monoisotopic (exact) mass is 184 g/mol. The molecule has 0 aromatic carbocycles. The molecule has 1 aliphatic rings. The Bertz CT molecular complexity index is 183. The zero-order valence-corrected chi connectivity index (χ0v) is 8.93. The minimum atomic E-state index is -0.127. The fraction of sp³-hybridized carbons (Fsp3) is 0.909. The van der Waals surface area contributed by atoms with Crippen molar-refractivity contribution in [2.45, 2.75) is 59.0 Å². The molecular weight excluding hydrogens is 164 g/mol. The highest BCUT2D eigenvalue weighted by Crippen LogP contribution is 2.45. The average molecular weight is 184 g/mol. The highest BCUT2D eigenvalue weighted by atomic mass is 16.5. The van der Waals surface area contributed by atoms with Crippen molar-refractivity contribution in [3.05, 3.63) is 0 Å². The molecule has 1 aliphatic carbocycles. The van der Waals surface area contributed by atoms with Crippen LogP contribution in [0.25, 0.3) is 0 Å². The fourth-order valence-electron chi connectivity index (χ4n) is 2.55. The molecule has 1 saturated carbocycles. The Morgan fingerprint density at radius 3 is 2.54 bits per heavy atom. The number of carbonyl (C=O) groups is 1. The van der Waals surface area contributed by atoms with Crippen molar-refractivity contribution in [2.24, 2.45) is 5.41 Å². The molecule has 0 saturated heterocycles. The van der Waals surface area contributed by atoms with Gasteiger partial charge in [-0.3, -0.25) is 4.79 Å². The van der Waals surface area contributed by atoms with Crippen LogP contribution in [0.4, 0.5) is 0 Å². The molecule has 0 radical (unpaired) electrons. The second-order valence-electron chi connectivity index (χ2n) is 4.06. The molecule has 1 atom stereocenters. The van der Waals surface area contributed by atoms with Crippen LogP contribution in [0.3, 0.4) is 0 Å². The predicted molar refractivity (Wildman–Crippen MR) is 52.4 cm³/mol. The fourth-order valence-corrected chi connectivity index (χ4v) is 2.55. The Morgan fingerprint density at radius 2 is 2.08 bits per heavy atom. The molecule has 0 amide bonds. The molecule has 1 fully saturated rings. The minimum absolute atomic E-state index is 0.127. The maximum Gasteiger partial charge on any atom is 0.302 e. The first-order chi connectivity index (χ1) is 6.14. The molecule has 2 heteroatoms. The van der Waals surface area contributed by atoms with Gasteiger partial charge >= 0.3 is 5.97 Å². The number of carbonyl (C=O) groups excluding carboxylic acids is 1. The van der Waals surface area contributed by atoms with Gasteiger partial charge in [-0.1, -0.05) is 13.8 Å². The molecule has 0 N–H and O–H groups in total. The van der Waals surface area contributed by atoms with Crippen LogP contribution in [-0.4, -0.2) is 12.1 Å². The van der Waals surface area contributed by atoms with Crippen LogP contribution in [0, 0.1) is 5.41 Å². The largest absolute Gasteiger partial charge is 0.462 e. The highest BCUT2D eigenvalue weighted by Gasteiger charge is 2.41. The van der Waals surface area contributed by atoms with Crippen LogP contribution in [0.1, 0.15) is 52.9 Å². The van der Waals surface area contributed by atoms with E-state index in [4.69, 9.17) is 4.74 Å². The molecule has 0 aliphatic heterocycles. The lowest BCUT2D eigenvalue weighted by Crippen LogP contribution is -2.32. The highest BCUT2D eigenvalue weighted by molar-refractivity contribution is 5.66. The summed E-state index contributed by atoms with van der Waals surface area (Å²) in [5, 5.41) is 0. The lowest BCUT2D eigenvalue weighted by molar-refractivity contribution is -0.152. The van der Waals surface area contributed by atoms with Gasteiger partial charge in [0.2, 0.25) is 0 Å². The molecular formula is C11H20O2. The van der Waals surface area contributed by atoms with Crippen molar-refractivity contribution in [1.29, 1.82) is 0 Å². The van der Waals surface area contributed by atoms with Crippen molar-refractivity contribution in [1.82, 2.24) is 0 Å². The van der Waals surface area contributed by atoms with Crippen molar-refractivity contribution >= 4 is 5.97 Å². The van der Waals surface area contributed by atoms with E-state index in [9.17, 15) is 4.79 Å². The summed E-state index contributed by atoms with van der Waals surface area (Å²) < 4.78 is 5.37. The van der Waals surface area contributed by atoms with Crippen LogP contribution >= 0.6 is 0 Å². The van der Waals surface area contributed by atoms with Gasteiger partial charge in [-0.2, -0.15) is 0 Å². The van der Waals surface area contributed by atoms with Crippen LogP contribution in [-0.2, 0) is 9.53 Å². The van der Waals surface area contributed by atoms with Gasteiger partial charge in [-0.15, -0.1) is 0 Å². The average Bonchev–Trinajstić information content (AvgIpc) is 2.48. The molecule has 13 heavy (non-hydrogen) atoms. The van der Waals surface area contributed by atoms with Gasteiger partial charge < -0.3 is 4.74 Å². The molecule has 1 unspecified atom stereocenters. The van der Waals surface area contributed by atoms with Crippen molar-refractivity contribution in [3.63, 3.8) is 0 Å². The second-order valence-corrected chi connectivity index (χ2v) is 4.06. The number of hydrogen-bond acceptors (Lipinski definition) is 2. The maximum absolute atomic E-state index is 10.9. The lowest BCUT2D eigenvalue weighted by atomic mass is 9.79. The van der Waals surface area contributed by atoms with Gasteiger partial charge in [0.05, 0.1) is 0 Å². The van der Waals surface area contributed by atoms with Gasteiger partial charge in [0.15, 0.2) is 0 Å². The van der Waals surface area contributed by atoms with Gasteiger partial charge in [-0.25, -0.2) is 0 Å². The van der Waals surface area contributed by atoms with Gasteiger partial charge in [0.25, 0.3) is 0 Å². The van der Waals surface area contributed by atoms with Crippen molar-refractivity contribution < 1.29 is 9.53 Å². The Labute approximate surface area is 80.7 Å². The summed E-state index contributed by atoms with van der Waals surface area (Å²) in [6.07, 6.45) is 5.92. The number of esters is 1. The zero-order valence-electron chi connectivity index (χ0n) is 8.93. The SMILES string of the molecule is CCC1(CC)CCCC1OC(C)=O. The number of rotatable bonds is 3. The topological polar surface area (TPSA) is 26.3 Å². The van der Waals surface area contributed by atoms with E-state index in [1.54, 1.807) is 0 Å². The molecule has 0 aromatic rings. The molecule has 0 heterocycles. The Balaban J connectivity index is 2.66. The summed E-state index contributed by atoms with van der Waals surface area (Å²) in [7, 11) is 0. The molecule has 1 rings (SSSR count). The summed E-state index contributed by atoms with van der Waals surface area (Å²) in [6, 6.07) is 0. The number of ether oxygens (including phenoxy) is 1. The standard InChI is InChI=1S/C11H20O2/c1-4-11(5-2)8-6-7-10(11)13-9(3)12/h10H,4-8H2,1-3H3. The van der Waals surface area contributed by atoms with E-state index in [1.807, 2.05) is 0 Å². The summed E-state index contributed by atoms with van der Waals surface area (Å²) in [4.78, 5) is 10.9. The molecule has 76 valence electrons. The van der Waals surface area contributed by atoms with Crippen LogP contribution in [0.15, 0.2) is 0 Å². The second kappa shape index (κ2) is 4.12. The van der Waals surface area contributed by atoms with Gasteiger partial charge in [-0.05, 0) is 32.1 Å². The Kier molecular flexibility index (Phi) is 3.34. The molecule has 0 spiro atoms. The first-order valence-electron chi connectivity index (χ1n) is 5.32. The number of hydrogen-bond donors (Lipinski definition) is 0. The normalized spacial score (nSPS) is 25.9. The molecule has 0 bridgehead atoms. The quantitative estimate of drug-likeness (QED) is 0.630. The van der Waals surface area contributed by atoms with Crippen LogP contribution in [0.5, 0.6) is 0 Å². The first kappa shape index (κ1) is 10.6. The van der Waals surface area contributed by atoms with Crippen LogP contribution < -0.4 is 0 Å². The van der Waals surface area contributed by atoms with E-state index in [2.05, 4.69) is 13.8 Å². The third-order valence-corrected chi connectivity index (χ3v) is 3.54. The summed E-state index contributed by atoms with van der Waals surface area (Å²) in [5.41, 5.74) is 0.283. The van der Waals surface area contributed by atoms with E-state index >= 15 is 0 Å². The summed E-state index contributed by atoms with van der Waals surface area (Å²) in [6.45, 7) is 5.91. The first-order valence-corrected chi connectivity index (χ1v) is 5.32. The molecule has 0 aromatic heterocycles. The third-order valence-electron chi connectivity index (χ3n) is 3.54. The van der Waals surface area contributed by atoms with Gasteiger partial charge in [0, 0.05) is 12.3 Å².